The van der Waals surface area contributed by atoms with E-state index in [9.17, 15) is 47.4 Å². The van der Waals surface area contributed by atoms with Crippen molar-refractivity contribution in [2.24, 2.45) is 0 Å². The maximum absolute atomic E-state index is 14.4. The van der Waals surface area contributed by atoms with Gasteiger partial charge in [-0.25, -0.2) is 26.3 Å². The number of rotatable bonds is 4. The summed E-state index contributed by atoms with van der Waals surface area (Å²) < 4.78 is 85.7. The normalized spacial score (nSPS) is 11.1. The third-order valence-corrected chi connectivity index (χ3v) is 8.56. The van der Waals surface area contributed by atoms with Crippen LogP contribution < -0.4 is 0 Å². The molecular formula is C28H8F6N4S2. The summed E-state index contributed by atoms with van der Waals surface area (Å²) in [6, 6.07) is 13.0. The van der Waals surface area contributed by atoms with Gasteiger partial charge in [0, 0.05) is 41.1 Å². The molecule has 5 rings (SSSR count). The lowest BCUT2D eigenvalue weighted by atomic mass is 9.92. The van der Waals surface area contributed by atoms with Crippen molar-refractivity contribution in [1.82, 2.24) is 0 Å². The van der Waals surface area contributed by atoms with Gasteiger partial charge < -0.3 is 0 Å². The van der Waals surface area contributed by atoms with Gasteiger partial charge in [-0.1, -0.05) is 0 Å². The third-order valence-electron chi connectivity index (χ3n) is 6.13. The Kier molecular flexibility index (Phi) is 6.69. The summed E-state index contributed by atoms with van der Waals surface area (Å²) in [6.07, 6.45) is 0. The second-order valence-corrected chi connectivity index (χ2v) is 10.6. The molecule has 0 spiro atoms. The quantitative estimate of drug-likeness (QED) is 0.158. The largest absolute Gasteiger partial charge is 0.204 e. The van der Waals surface area contributed by atoms with Crippen LogP contribution in [0.3, 0.4) is 0 Å². The molecule has 0 saturated carbocycles. The van der Waals surface area contributed by atoms with Gasteiger partial charge in [0.25, 0.3) is 0 Å². The minimum Gasteiger partial charge on any atom is -0.204 e. The van der Waals surface area contributed by atoms with E-state index in [1.807, 2.05) is 24.3 Å². The van der Waals surface area contributed by atoms with Gasteiger partial charge >= 0.3 is 0 Å². The molecule has 0 aliphatic rings. The summed E-state index contributed by atoms with van der Waals surface area (Å²) in [5, 5.41) is 38.3. The summed E-state index contributed by atoms with van der Waals surface area (Å²) in [6.45, 7) is 0. The monoisotopic (exact) mass is 578 g/mol. The maximum atomic E-state index is 14.4. The molecule has 0 unspecified atom stereocenters. The third kappa shape index (κ3) is 4.12. The fourth-order valence-electron chi connectivity index (χ4n) is 4.38. The fraction of sp³-hybridized carbons (Fsp3) is 0.0714. The highest BCUT2D eigenvalue weighted by Gasteiger charge is 2.27. The van der Waals surface area contributed by atoms with Crippen LogP contribution in [0.15, 0.2) is 36.4 Å². The predicted octanol–water partition coefficient (Wildman–Crippen LogP) is 8.55. The molecule has 0 fully saturated rings. The van der Waals surface area contributed by atoms with Gasteiger partial charge in [0.2, 0.25) is 0 Å². The summed E-state index contributed by atoms with van der Waals surface area (Å²) >= 11 is 1.77. The first-order valence-electron chi connectivity index (χ1n) is 11.0. The lowest BCUT2D eigenvalue weighted by Crippen LogP contribution is -1.94. The molecule has 0 amide bonds. The topological polar surface area (TPSA) is 95.2 Å². The van der Waals surface area contributed by atoms with Crippen LogP contribution in [0.2, 0.25) is 0 Å². The zero-order chi connectivity index (χ0) is 28.9. The average molecular weight is 579 g/mol. The van der Waals surface area contributed by atoms with Crippen molar-refractivity contribution in [1.29, 1.82) is 21.0 Å². The Hall–Kier alpha value is -4.88. The van der Waals surface area contributed by atoms with Gasteiger partial charge in [0.1, 0.15) is 0 Å². The van der Waals surface area contributed by atoms with E-state index < -0.39 is 46.7 Å². The van der Waals surface area contributed by atoms with Crippen molar-refractivity contribution in [3.05, 3.63) is 81.1 Å². The van der Waals surface area contributed by atoms with Crippen LogP contribution in [-0.4, -0.2) is 0 Å². The molecule has 0 saturated heterocycles. The molecule has 0 aliphatic heterocycles. The Bertz CT molecular complexity index is 1780. The average Bonchev–Trinajstić information content (AvgIpc) is 3.54. The molecule has 3 aromatic carbocycles. The molecule has 2 aromatic heterocycles. The summed E-state index contributed by atoms with van der Waals surface area (Å²) in [7, 11) is 0. The molecule has 0 radical (unpaired) electrons. The second-order valence-electron chi connectivity index (χ2n) is 8.42. The molecule has 0 aliphatic carbocycles. The number of thiophene rings is 2. The molecule has 40 heavy (non-hydrogen) atoms. The van der Waals surface area contributed by atoms with E-state index in [0.29, 0.717) is 0 Å². The molecule has 0 atom stereocenters. The highest BCUT2D eigenvalue weighted by Crippen LogP contribution is 2.51. The number of hydrogen-bond acceptors (Lipinski definition) is 6. The molecule has 12 heteroatoms. The highest BCUT2D eigenvalue weighted by atomic mass is 32.1. The highest BCUT2D eigenvalue weighted by molar-refractivity contribution is 7.22. The summed E-state index contributed by atoms with van der Waals surface area (Å²) in [5.74, 6) is -12.0. The maximum Gasteiger partial charge on any atom is 0.194 e. The molecule has 0 bridgehead atoms. The van der Waals surface area contributed by atoms with Crippen LogP contribution in [0.1, 0.15) is 21.6 Å². The molecular weight excluding hydrogens is 570 g/mol. The zero-order valence-corrected chi connectivity index (χ0v) is 21.1. The Morgan fingerprint density at radius 1 is 0.500 bits per heavy atom. The first-order valence-corrected chi connectivity index (χ1v) is 12.7. The van der Waals surface area contributed by atoms with Gasteiger partial charge in [-0.2, -0.15) is 21.0 Å². The van der Waals surface area contributed by atoms with E-state index >= 15 is 0 Å². The molecule has 194 valence electrons. The van der Waals surface area contributed by atoms with Gasteiger partial charge in [-0.3, -0.25) is 0 Å². The van der Waals surface area contributed by atoms with E-state index in [-0.39, 0.29) is 52.2 Å². The van der Waals surface area contributed by atoms with Gasteiger partial charge in [-0.15, -0.1) is 22.7 Å². The van der Waals surface area contributed by atoms with E-state index in [1.165, 1.54) is 12.1 Å². The number of fused-ring (bicyclic) bond motifs is 2. The van der Waals surface area contributed by atoms with Crippen molar-refractivity contribution >= 4 is 42.8 Å². The van der Waals surface area contributed by atoms with Crippen LogP contribution in [-0.2, 0) is 0 Å². The standard InChI is InChI=1S/C28H8F6N4S2/c29-17-1-11(2-18(30)25(17)33)23-15-5-21(13(7-35)8-36)40-28(15)24(12-3-19(31)26(34)20(32)4-12)16-6-22(39-27(16)23)14(9-37)10-38/h1-6,13-14H. The molecule has 4 nitrogen and oxygen atoms in total. The van der Waals surface area contributed by atoms with E-state index in [2.05, 4.69) is 0 Å². The smallest absolute Gasteiger partial charge is 0.194 e. The van der Waals surface area contributed by atoms with Crippen LogP contribution in [0.5, 0.6) is 0 Å². The first-order chi connectivity index (χ1) is 19.1. The van der Waals surface area contributed by atoms with E-state index in [4.69, 9.17) is 0 Å². The minimum absolute atomic E-state index is 0.109. The van der Waals surface area contributed by atoms with Crippen molar-refractivity contribution in [2.75, 3.05) is 0 Å². The predicted molar refractivity (Wildman–Crippen MR) is 136 cm³/mol. The van der Waals surface area contributed by atoms with Crippen LogP contribution >= 0.6 is 22.7 Å². The summed E-state index contributed by atoms with van der Waals surface area (Å²) in [5.41, 5.74) is -0.0820. The zero-order valence-electron chi connectivity index (χ0n) is 19.5. The van der Waals surface area contributed by atoms with Crippen LogP contribution in [0.25, 0.3) is 42.4 Å². The van der Waals surface area contributed by atoms with Crippen molar-refractivity contribution in [2.45, 2.75) is 11.8 Å². The molecule has 5 aromatic rings. The first kappa shape index (κ1) is 26.7. The lowest BCUT2D eigenvalue weighted by molar-refractivity contribution is 0.447. The van der Waals surface area contributed by atoms with Gasteiger partial charge in [0.15, 0.2) is 46.7 Å². The number of halogens is 6. The molecule has 0 N–H and O–H groups in total. The van der Waals surface area contributed by atoms with E-state index in [0.717, 1.165) is 46.9 Å². The number of nitrogens with zero attached hydrogens (tertiary/aromatic N) is 4. The number of nitriles is 4. The van der Waals surface area contributed by atoms with Gasteiger partial charge in [0.05, 0.1) is 24.3 Å². The number of benzene rings is 3. The Labute approximate surface area is 229 Å². The second kappa shape index (κ2) is 10.0. The van der Waals surface area contributed by atoms with Crippen molar-refractivity contribution < 1.29 is 26.3 Å². The van der Waals surface area contributed by atoms with E-state index in [1.54, 1.807) is 0 Å². The SMILES string of the molecule is N#CC(C#N)c1cc2c(-c3cc(F)c(F)c(F)c3)c3sc(C(C#N)C#N)cc3c(-c3cc(F)c(F)c(F)c3)c2s1. The summed E-state index contributed by atoms with van der Waals surface area (Å²) in [4.78, 5) is 0.386. The fourth-order valence-corrected chi connectivity index (χ4v) is 6.85. The Morgan fingerprint density at radius 2 is 0.800 bits per heavy atom. The van der Waals surface area contributed by atoms with Gasteiger partial charge in [-0.05, 0) is 47.5 Å². The van der Waals surface area contributed by atoms with Crippen LogP contribution in [0.4, 0.5) is 26.3 Å². The molecule has 2 heterocycles. The number of hydrogen-bond donors (Lipinski definition) is 0. The van der Waals surface area contributed by atoms with Crippen LogP contribution in [0, 0.1) is 80.2 Å². The lowest BCUT2D eigenvalue weighted by Gasteiger charge is -2.13. The Morgan fingerprint density at radius 3 is 1.07 bits per heavy atom. The Balaban J connectivity index is 2.04. The minimum atomic E-state index is -1.72. The van der Waals surface area contributed by atoms with Crippen molar-refractivity contribution in [3.63, 3.8) is 0 Å². The van der Waals surface area contributed by atoms with Crippen molar-refractivity contribution in [3.8, 4) is 46.5 Å².